The first-order valence-corrected chi connectivity index (χ1v) is 10.2. The van der Waals surface area contributed by atoms with E-state index < -0.39 is 21.7 Å². The van der Waals surface area contributed by atoms with Crippen molar-refractivity contribution < 1.29 is 9.29 Å². The SMILES string of the molecule is COC1(c2nc3c(C(C)=N[S@+]([O-])C(C)(C)C)cc(C)cc3c(=O)n2C)CC1. The lowest BCUT2D eigenvalue weighted by atomic mass is 10.0. The van der Waals surface area contributed by atoms with Gasteiger partial charge in [-0.25, -0.2) is 4.98 Å². The summed E-state index contributed by atoms with van der Waals surface area (Å²) in [5, 5.41) is 0.541. The highest BCUT2D eigenvalue weighted by Crippen LogP contribution is 2.47. The quantitative estimate of drug-likeness (QED) is 0.594. The van der Waals surface area contributed by atoms with Crippen molar-refractivity contribution in [3.05, 3.63) is 39.4 Å². The number of aromatic nitrogens is 2. The Balaban J connectivity index is 2.28. The van der Waals surface area contributed by atoms with Gasteiger partial charge >= 0.3 is 0 Å². The van der Waals surface area contributed by atoms with E-state index in [1.807, 2.05) is 46.8 Å². The number of aryl methyl sites for hydroxylation is 1. The van der Waals surface area contributed by atoms with Gasteiger partial charge in [0.15, 0.2) is 0 Å². The first kappa shape index (κ1) is 20.0. The second kappa shape index (κ2) is 6.72. The monoisotopic (exact) mass is 389 g/mol. The van der Waals surface area contributed by atoms with Gasteiger partial charge in [-0.2, -0.15) is 0 Å². The van der Waals surface area contributed by atoms with Crippen molar-refractivity contribution in [2.24, 2.45) is 11.4 Å². The Morgan fingerprint density at radius 3 is 2.52 bits per heavy atom. The third kappa shape index (κ3) is 3.56. The highest BCUT2D eigenvalue weighted by atomic mass is 32.2. The van der Waals surface area contributed by atoms with E-state index in [-0.39, 0.29) is 5.56 Å². The van der Waals surface area contributed by atoms with Crippen LogP contribution in [0.1, 0.15) is 57.5 Å². The largest absolute Gasteiger partial charge is 0.591 e. The molecule has 7 heteroatoms. The van der Waals surface area contributed by atoms with E-state index in [1.54, 1.807) is 18.7 Å². The third-order valence-corrected chi connectivity index (χ3v) is 6.45. The molecule has 6 nitrogen and oxygen atoms in total. The van der Waals surface area contributed by atoms with Gasteiger partial charge in [0.2, 0.25) is 0 Å². The van der Waals surface area contributed by atoms with Crippen molar-refractivity contribution in [1.82, 2.24) is 9.55 Å². The maximum absolute atomic E-state index is 13.0. The van der Waals surface area contributed by atoms with Crippen LogP contribution >= 0.6 is 0 Å². The fourth-order valence-electron chi connectivity index (χ4n) is 3.15. The topological polar surface area (TPSA) is 79.5 Å². The molecule has 1 fully saturated rings. The van der Waals surface area contributed by atoms with Gasteiger partial charge < -0.3 is 9.29 Å². The molecule has 1 heterocycles. The van der Waals surface area contributed by atoms with Crippen LogP contribution < -0.4 is 5.56 Å². The average Bonchev–Trinajstić information content (AvgIpc) is 3.38. The summed E-state index contributed by atoms with van der Waals surface area (Å²) in [6.07, 6.45) is 1.69. The maximum Gasteiger partial charge on any atom is 0.261 e. The molecular weight excluding hydrogens is 362 g/mol. The van der Waals surface area contributed by atoms with Crippen LogP contribution in [0.5, 0.6) is 0 Å². The zero-order valence-electron chi connectivity index (χ0n) is 17.0. The second-order valence-electron chi connectivity index (χ2n) is 8.24. The molecule has 0 unspecified atom stereocenters. The number of hydrogen-bond acceptors (Lipinski definition) is 5. The molecule has 146 valence electrons. The van der Waals surface area contributed by atoms with Crippen LogP contribution in [0.15, 0.2) is 21.3 Å². The maximum atomic E-state index is 13.0. The highest BCUT2D eigenvalue weighted by molar-refractivity contribution is 7.91. The zero-order valence-corrected chi connectivity index (χ0v) is 17.9. The first-order valence-electron chi connectivity index (χ1n) is 9.05. The van der Waals surface area contributed by atoms with Crippen molar-refractivity contribution >= 4 is 28.0 Å². The third-order valence-electron chi connectivity index (χ3n) is 4.96. The number of ether oxygens (including phenoxy) is 1. The number of methoxy groups -OCH3 is 1. The zero-order chi connectivity index (χ0) is 20.1. The highest BCUT2D eigenvalue weighted by Gasteiger charge is 2.48. The molecule has 1 aliphatic rings. The van der Waals surface area contributed by atoms with E-state index in [2.05, 4.69) is 4.40 Å². The van der Waals surface area contributed by atoms with Gasteiger partial charge in [-0.15, -0.1) is 0 Å². The van der Waals surface area contributed by atoms with Crippen LogP contribution in [-0.2, 0) is 28.7 Å². The molecule has 27 heavy (non-hydrogen) atoms. The number of benzene rings is 1. The van der Waals surface area contributed by atoms with E-state index in [1.165, 1.54) is 0 Å². The van der Waals surface area contributed by atoms with Crippen molar-refractivity contribution in [2.75, 3.05) is 7.11 Å². The van der Waals surface area contributed by atoms with Crippen LogP contribution in [0.4, 0.5) is 0 Å². The fraction of sp³-hybridized carbons (Fsp3) is 0.550. The molecule has 1 aromatic heterocycles. The van der Waals surface area contributed by atoms with Crippen molar-refractivity contribution in [3.8, 4) is 0 Å². The predicted octanol–water partition coefficient (Wildman–Crippen LogP) is 3.15. The Hall–Kier alpha value is -1.70. The molecule has 0 spiro atoms. The van der Waals surface area contributed by atoms with Crippen molar-refractivity contribution in [1.29, 1.82) is 0 Å². The lowest BCUT2D eigenvalue weighted by Crippen LogP contribution is -2.29. The molecule has 0 saturated heterocycles. The van der Waals surface area contributed by atoms with Crippen LogP contribution in [0, 0.1) is 6.92 Å². The first-order chi connectivity index (χ1) is 12.5. The summed E-state index contributed by atoms with van der Waals surface area (Å²) < 4.78 is 23.7. The Bertz CT molecular complexity index is 985. The average molecular weight is 390 g/mol. The van der Waals surface area contributed by atoms with E-state index >= 15 is 0 Å². The summed E-state index contributed by atoms with van der Waals surface area (Å²) in [7, 11) is 3.39. The van der Waals surface area contributed by atoms with E-state index in [9.17, 15) is 9.35 Å². The van der Waals surface area contributed by atoms with Gasteiger partial charge in [-0.05, 0) is 65.2 Å². The summed E-state index contributed by atoms with van der Waals surface area (Å²) in [5.74, 6) is 0.636. The van der Waals surface area contributed by atoms with Crippen LogP contribution in [-0.4, -0.2) is 31.7 Å². The second-order valence-corrected chi connectivity index (χ2v) is 10.2. The molecule has 0 amide bonds. The molecule has 0 N–H and O–H groups in total. The van der Waals surface area contributed by atoms with Gasteiger partial charge in [0.05, 0.1) is 16.6 Å². The van der Waals surface area contributed by atoms with E-state index in [0.29, 0.717) is 22.4 Å². The normalized spacial score (nSPS) is 18.0. The van der Waals surface area contributed by atoms with Crippen molar-refractivity contribution in [3.63, 3.8) is 0 Å². The Morgan fingerprint density at radius 1 is 1.37 bits per heavy atom. The number of rotatable bonds is 4. The van der Waals surface area contributed by atoms with Crippen LogP contribution in [0.25, 0.3) is 10.9 Å². The molecule has 1 aliphatic carbocycles. The summed E-state index contributed by atoms with van der Waals surface area (Å²) in [5.41, 5.74) is 2.30. The fourth-order valence-corrected chi connectivity index (χ4v) is 3.77. The molecule has 0 aliphatic heterocycles. The predicted molar refractivity (Wildman–Crippen MR) is 110 cm³/mol. The standard InChI is InChI=1S/C20H27N3O3S/c1-12-10-14(13(2)22-27(25)19(3,4)5)16-15(11-12)17(24)23(6)18(21-16)20(26-7)8-9-20/h10-11H,8-9H2,1-7H3/t27-/m1/s1. The molecule has 0 radical (unpaired) electrons. The van der Waals surface area contributed by atoms with Crippen LogP contribution in [0.3, 0.4) is 0 Å². The number of fused-ring (bicyclic) bond motifs is 1. The number of nitrogens with zero attached hydrogens (tertiary/aromatic N) is 3. The summed E-state index contributed by atoms with van der Waals surface area (Å²) in [4.78, 5) is 17.8. The van der Waals surface area contributed by atoms with E-state index in [4.69, 9.17) is 9.72 Å². The molecule has 3 rings (SSSR count). The smallest absolute Gasteiger partial charge is 0.261 e. The molecule has 1 atom stereocenters. The molecule has 2 aromatic rings. The minimum Gasteiger partial charge on any atom is -0.591 e. The minimum absolute atomic E-state index is 0.104. The van der Waals surface area contributed by atoms with Gasteiger partial charge in [-0.1, -0.05) is 4.40 Å². The van der Waals surface area contributed by atoms with Gasteiger partial charge in [0, 0.05) is 19.7 Å². The Kier molecular flexibility index (Phi) is 4.99. The molecule has 1 saturated carbocycles. The van der Waals surface area contributed by atoms with Gasteiger partial charge in [0.1, 0.15) is 27.5 Å². The van der Waals surface area contributed by atoms with Crippen molar-refractivity contribution in [2.45, 2.75) is 57.8 Å². The van der Waals surface area contributed by atoms with E-state index in [0.717, 1.165) is 24.0 Å². The Labute approximate surface area is 163 Å². The van der Waals surface area contributed by atoms with Gasteiger partial charge in [-0.3, -0.25) is 9.36 Å². The van der Waals surface area contributed by atoms with Crippen LogP contribution in [0.2, 0.25) is 0 Å². The molecule has 1 aromatic carbocycles. The molecule has 0 bridgehead atoms. The number of hydrogen-bond donors (Lipinski definition) is 0. The lowest BCUT2D eigenvalue weighted by molar-refractivity contribution is 0.0678. The lowest BCUT2D eigenvalue weighted by Gasteiger charge is -2.20. The van der Waals surface area contributed by atoms with Gasteiger partial charge in [0.25, 0.3) is 5.56 Å². The summed E-state index contributed by atoms with van der Waals surface area (Å²) in [6, 6.07) is 3.79. The summed E-state index contributed by atoms with van der Waals surface area (Å²) in [6.45, 7) is 9.41. The minimum atomic E-state index is -1.39. The molecular formula is C20H27N3O3S. The Morgan fingerprint density at radius 2 is 2.00 bits per heavy atom. The summed E-state index contributed by atoms with van der Waals surface area (Å²) >= 11 is -1.39.